The Kier molecular flexibility index (Phi) is 4.25. The molecule has 2 aromatic carbocycles. The van der Waals surface area contributed by atoms with Gasteiger partial charge in [-0.2, -0.15) is 0 Å². The fourth-order valence-electron chi connectivity index (χ4n) is 1.96. The highest BCUT2D eigenvalue weighted by Crippen LogP contribution is 2.28. The van der Waals surface area contributed by atoms with E-state index in [1.807, 2.05) is 37.3 Å². The molecule has 0 aliphatic heterocycles. The fourth-order valence-corrected chi connectivity index (χ4v) is 1.96. The average Bonchev–Trinajstić information content (AvgIpc) is 2.45. The molecular formula is C16H16O4. The normalized spacial score (nSPS) is 10.1. The number of carbonyl (C=O) groups is 1. The first-order valence-corrected chi connectivity index (χ1v) is 6.20. The number of aryl methyl sites for hydroxylation is 1. The number of carboxylic acid groups (broad SMARTS) is 1. The third kappa shape index (κ3) is 3.29. The number of aliphatic carboxylic acids is 1. The van der Waals surface area contributed by atoms with Crippen molar-refractivity contribution in [3.63, 3.8) is 0 Å². The van der Waals surface area contributed by atoms with Gasteiger partial charge in [0.1, 0.15) is 11.5 Å². The van der Waals surface area contributed by atoms with E-state index < -0.39 is 5.97 Å². The van der Waals surface area contributed by atoms with Crippen LogP contribution < -0.4 is 9.47 Å². The Morgan fingerprint density at radius 2 is 1.75 bits per heavy atom. The Morgan fingerprint density at radius 1 is 1.10 bits per heavy atom. The van der Waals surface area contributed by atoms with Gasteiger partial charge in [0.25, 0.3) is 0 Å². The second-order valence-corrected chi connectivity index (χ2v) is 4.39. The van der Waals surface area contributed by atoms with Crippen molar-refractivity contribution in [2.75, 3.05) is 13.7 Å². The molecule has 2 aromatic rings. The van der Waals surface area contributed by atoms with Gasteiger partial charge in [0.2, 0.25) is 0 Å². The summed E-state index contributed by atoms with van der Waals surface area (Å²) >= 11 is 0. The molecule has 0 unspecified atom stereocenters. The van der Waals surface area contributed by atoms with E-state index in [-0.39, 0.29) is 6.61 Å². The van der Waals surface area contributed by atoms with E-state index >= 15 is 0 Å². The molecule has 104 valence electrons. The first-order chi connectivity index (χ1) is 9.60. The third-order valence-electron chi connectivity index (χ3n) is 2.96. The number of ether oxygens (including phenoxy) is 2. The highest BCUT2D eigenvalue weighted by molar-refractivity contribution is 5.70. The van der Waals surface area contributed by atoms with Gasteiger partial charge in [0.05, 0.1) is 7.11 Å². The van der Waals surface area contributed by atoms with E-state index in [1.54, 1.807) is 19.2 Å². The lowest BCUT2D eigenvalue weighted by Gasteiger charge is -2.09. The molecule has 0 heterocycles. The monoisotopic (exact) mass is 272 g/mol. The molecule has 0 fully saturated rings. The van der Waals surface area contributed by atoms with Gasteiger partial charge in [-0.05, 0) is 47.9 Å². The van der Waals surface area contributed by atoms with Gasteiger partial charge >= 0.3 is 5.97 Å². The Labute approximate surface area is 117 Å². The van der Waals surface area contributed by atoms with Crippen LogP contribution in [-0.4, -0.2) is 24.8 Å². The second-order valence-electron chi connectivity index (χ2n) is 4.39. The third-order valence-corrected chi connectivity index (χ3v) is 2.96. The minimum absolute atomic E-state index is 0.332. The van der Waals surface area contributed by atoms with E-state index in [4.69, 9.17) is 14.6 Å². The van der Waals surface area contributed by atoms with Gasteiger partial charge in [-0.1, -0.05) is 18.2 Å². The van der Waals surface area contributed by atoms with Crippen molar-refractivity contribution in [1.29, 1.82) is 0 Å². The van der Waals surface area contributed by atoms with Crippen molar-refractivity contribution in [1.82, 2.24) is 0 Å². The van der Waals surface area contributed by atoms with Crippen LogP contribution in [0.5, 0.6) is 11.5 Å². The van der Waals surface area contributed by atoms with E-state index in [1.165, 1.54) is 0 Å². The van der Waals surface area contributed by atoms with Crippen LogP contribution in [0.4, 0.5) is 0 Å². The topological polar surface area (TPSA) is 55.8 Å². The quantitative estimate of drug-likeness (QED) is 0.908. The van der Waals surface area contributed by atoms with Crippen molar-refractivity contribution in [3.8, 4) is 22.6 Å². The molecule has 4 nitrogen and oxygen atoms in total. The summed E-state index contributed by atoms with van der Waals surface area (Å²) < 4.78 is 10.3. The highest BCUT2D eigenvalue weighted by Gasteiger charge is 2.04. The molecule has 20 heavy (non-hydrogen) atoms. The average molecular weight is 272 g/mol. The van der Waals surface area contributed by atoms with E-state index in [0.717, 1.165) is 22.4 Å². The first kappa shape index (κ1) is 13.9. The van der Waals surface area contributed by atoms with Gasteiger partial charge < -0.3 is 14.6 Å². The summed E-state index contributed by atoms with van der Waals surface area (Å²) in [6, 6.07) is 13.2. The maximum absolute atomic E-state index is 10.4. The molecular weight excluding hydrogens is 256 g/mol. The van der Waals surface area contributed by atoms with Crippen LogP contribution in [0.15, 0.2) is 42.5 Å². The summed E-state index contributed by atoms with van der Waals surface area (Å²) in [6.07, 6.45) is 0. The zero-order valence-electron chi connectivity index (χ0n) is 11.4. The van der Waals surface area contributed by atoms with Crippen molar-refractivity contribution < 1.29 is 19.4 Å². The van der Waals surface area contributed by atoms with Crippen LogP contribution in [0.1, 0.15) is 5.56 Å². The number of hydrogen-bond donors (Lipinski definition) is 1. The summed E-state index contributed by atoms with van der Waals surface area (Å²) in [4.78, 5) is 10.4. The summed E-state index contributed by atoms with van der Waals surface area (Å²) in [6.45, 7) is 1.69. The minimum atomic E-state index is -0.986. The molecule has 0 bridgehead atoms. The lowest BCUT2D eigenvalue weighted by Crippen LogP contribution is -2.09. The maximum atomic E-state index is 10.4. The standard InChI is InChI=1S/C16H16O4/c1-11-9-14(19-2)7-8-15(11)12-3-5-13(6-4-12)20-10-16(17)18/h3-9H,10H2,1-2H3,(H,17,18). The van der Waals surface area contributed by atoms with E-state index in [2.05, 4.69) is 0 Å². The van der Waals surface area contributed by atoms with Gasteiger partial charge in [-0.15, -0.1) is 0 Å². The minimum Gasteiger partial charge on any atom is -0.497 e. The smallest absolute Gasteiger partial charge is 0.341 e. The summed E-state index contributed by atoms with van der Waals surface area (Å²) in [5.41, 5.74) is 3.27. The van der Waals surface area contributed by atoms with Crippen LogP contribution in [0, 0.1) is 6.92 Å². The molecule has 0 saturated carbocycles. The Bertz CT molecular complexity index is 602. The molecule has 0 saturated heterocycles. The molecule has 0 amide bonds. The predicted octanol–water partition coefficient (Wildman–Crippen LogP) is 3.13. The largest absolute Gasteiger partial charge is 0.497 e. The molecule has 2 rings (SSSR count). The zero-order valence-corrected chi connectivity index (χ0v) is 11.4. The number of rotatable bonds is 5. The van der Waals surface area contributed by atoms with Gasteiger partial charge in [0.15, 0.2) is 6.61 Å². The lowest BCUT2D eigenvalue weighted by molar-refractivity contribution is -0.139. The second kappa shape index (κ2) is 6.10. The van der Waals surface area contributed by atoms with Crippen LogP contribution in [-0.2, 0) is 4.79 Å². The Balaban J connectivity index is 2.19. The maximum Gasteiger partial charge on any atom is 0.341 e. The van der Waals surface area contributed by atoms with Crippen LogP contribution in [0.2, 0.25) is 0 Å². The van der Waals surface area contributed by atoms with Crippen LogP contribution in [0.25, 0.3) is 11.1 Å². The Morgan fingerprint density at radius 3 is 2.30 bits per heavy atom. The molecule has 0 spiro atoms. The number of methoxy groups -OCH3 is 1. The van der Waals surface area contributed by atoms with Crippen LogP contribution in [0.3, 0.4) is 0 Å². The predicted molar refractivity (Wildman–Crippen MR) is 76.3 cm³/mol. The van der Waals surface area contributed by atoms with Crippen LogP contribution >= 0.6 is 0 Å². The molecule has 4 heteroatoms. The van der Waals surface area contributed by atoms with Gasteiger partial charge in [-0.3, -0.25) is 0 Å². The number of hydrogen-bond acceptors (Lipinski definition) is 3. The highest BCUT2D eigenvalue weighted by atomic mass is 16.5. The summed E-state index contributed by atoms with van der Waals surface area (Å²) in [5, 5.41) is 8.56. The van der Waals surface area contributed by atoms with Crippen molar-refractivity contribution in [2.45, 2.75) is 6.92 Å². The van der Waals surface area contributed by atoms with E-state index in [9.17, 15) is 4.79 Å². The SMILES string of the molecule is COc1ccc(-c2ccc(OCC(=O)O)cc2)c(C)c1. The lowest BCUT2D eigenvalue weighted by atomic mass is 10.0. The summed E-state index contributed by atoms with van der Waals surface area (Å²) in [7, 11) is 1.64. The van der Waals surface area contributed by atoms with Gasteiger partial charge in [0, 0.05) is 0 Å². The summed E-state index contributed by atoms with van der Waals surface area (Å²) in [5.74, 6) is 0.384. The molecule has 0 radical (unpaired) electrons. The van der Waals surface area contributed by atoms with E-state index in [0.29, 0.717) is 5.75 Å². The Hall–Kier alpha value is -2.49. The van der Waals surface area contributed by atoms with Crippen molar-refractivity contribution >= 4 is 5.97 Å². The van der Waals surface area contributed by atoms with Crippen molar-refractivity contribution in [2.24, 2.45) is 0 Å². The number of benzene rings is 2. The molecule has 0 aliphatic carbocycles. The van der Waals surface area contributed by atoms with Crippen molar-refractivity contribution in [3.05, 3.63) is 48.0 Å². The zero-order chi connectivity index (χ0) is 14.5. The number of carboxylic acids is 1. The molecule has 0 atom stereocenters. The molecule has 1 N–H and O–H groups in total. The first-order valence-electron chi connectivity index (χ1n) is 6.20. The molecule has 0 aromatic heterocycles. The molecule has 0 aliphatic rings. The fraction of sp³-hybridized carbons (Fsp3) is 0.188. The van der Waals surface area contributed by atoms with Gasteiger partial charge in [-0.25, -0.2) is 4.79 Å².